The van der Waals surface area contributed by atoms with E-state index in [0.717, 1.165) is 35.6 Å². The largest absolute Gasteiger partial charge is 0.494 e. The molecule has 3 heteroatoms. The average Bonchev–Trinajstić information content (AvgIpc) is 2.60. The van der Waals surface area contributed by atoms with E-state index in [0.29, 0.717) is 24.7 Å². The molecule has 1 aromatic rings. The van der Waals surface area contributed by atoms with Crippen LogP contribution in [0.25, 0.3) is 0 Å². The molecular formula is C28H48O3. The van der Waals surface area contributed by atoms with Gasteiger partial charge in [-0.2, -0.15) is 0 Å². The molecule has 0 aliphatic rings. The van der Waals surface area contributed by atoms with Gasteiger partial charge in [0.15, 0.2) is 0 Å². The van der Waals surface area contributed by atoms with Crippen molar-refractivity contribution in [3.63, 3.8) is 0 Å². The highest BCUT2D eigenvalue weighted by atomic mass is 16.5. The first-order valence-electron chi connectivity index (χ1n) is 12.3. The van der Waals surface area contributed by atoms with Gasteiger partial charge < -0.3 is 9.47 Å². The molecular weight excluding hydrogens is 384 g/mol. The number of carbonyl (C=O) groups excluding carboxylic acids is 1. The maximum atomic E-state index is 12.4. The van der Waals surface area contributed by atoms with Gasteiger partial charge in [-0.15, -0.1) is 0 Å². The summed E-state index contributed by atoms with van der Waals surface area (Å²) in [5.41, 5.74) is 1.74. The van der Waals surface area contributed by atoms with Gasteiger partial charge in [-0.25, -0.2) is 0 Å². The summed E-state index contributed by atoms with van der Waals surface area (Å²) in [6.07, 6.45) is 6.12. The van der Waals surface area contributed by atoms with Gasteiger partial charge in [0.25, 0.3) is 0 Å². The predicted octanol–water partition coefficient (Wildman–Crippen LogP) is 8.22. The highest BCUT2D eigenvalue weighted by Crippen LogP contribution is 2.42. The molecule has 0 amide bonds. The first-order valence-corrected chi connectivity index (χ1v) is 12.3. The molecule has 0 aromatic heterocycles. The average molecular weight is 433 g/mol. The molecule has 178 valence electrons. The summed E-state index contributed by atoms with van der Waals surface area (Å²) < 4.78 is 12.2. The Morgan fingerprint density at radius 2 is 1.45 bits per heavy atom. The van der Waals surface area contributed by atoms with Crippen molar-refractivity contribution in [1.82, 2.24) is 0 Å². The molecule has 31 heavy (non-hydrogen) atoms. The van der Waals surface area contributed by atoms with Crippen molar-refractivity contribution in [2.45, 2.75) is 119 Å². The zero-order valence-electron chi connectivity index (χ0n) is 22.0. The summed E-state index contributed by atoms with van der Waals surface area (Å²) in [7, 11) is 0. The maximum absolute atomic E-state index is 12.4. The number of rotatable bonds is 11. The van der Waals surface area contributed by atoms with Crippen LogP contribution in [0.2, 0.25) is 0 Å². The molecule has 0 saturated heterocycles. The fraction of sp³-hybridized carbons (Fsp3) is 0.750. The molecule has 1 rings (SSSR count). The Balaban J connectivity index is 3.08. The number of esters is 1. The number of hydrogen-bond donors (Lipinski definition) is 0. The van der Waals surface area contributed by atoms with Crippen molar-refractivity contribution in [2.75, 3.05) is 6.61 Å². The van der Waals surface area contributed by atoms with E-state index in [1.807, 2.05) is 6.92 Å². The quantitative estimate of drug-likeness (QED) is 0.261. The van der Waals surface area contributed by atoms with Crippen LogP contribution in [0, 0.1) is 11.8 Å². The van der Waals surface area contributed by atoms with E-state index in [1.54, 1.807) is 0 Å². The zero-order valence-corrected chi connectivity index (χ0v) is 22.0. The van der Waals surface area contributed by atoms with Crippen LogP contribution in [-0.4, -0.2) is 12.6 Å². The molecule has 0 heterocycles. The lowest BCUT2D eigenvalue weighted by Crippen LogP contribution is -2.22. The molecule has 1 atom stereocenters. The topological polar surface area (TPSA) is 35.5 Å². The molecule has 0 fully saturated rings. The standard InChI is InChI=1S/C28H48O3/c1-11-13-25(29)31-26-23(27(5,6)7)18-22(19-24(26)28(8,9)10)30-17-16-21(4)15-12-14-20(2)3/h18-21H,11-17H2,1-10H3. The van der Waals surface area contributed by atoms with E-state index >= 15 is 0 Å². The Hall–Kier alpha value is -1.51. The number of benzene rings is 1. The Kier molecular flexibility index (Phi) is 10.6. The van der Waals surface area contributed by atoms with E-state index in [2.05, 4.69) is 74.4 Å². The SMILES string of the molecule is CCCC(=O)Oc1c(C(C)(C)C)cc(OCCC(C)CCCC(C)C)cc1C(C)(C)C. The van der Waals surface area contributed by atoms with Gasteiger partial charge in [0, 0.05) is 17.5 Å². The third kappa shape index (κ3) is 9.66. The minimum atomic E-state index is -0.164. The molecule has 1 aromatic carbocycles. The second-order valence-corrected chi connectivity index (χ2v) is 11.6. The molecule has 0 N–H and O–H groups in total. The third-order valence-electron chi connectivity index (χ3n) is 5.71. The minimum absolute atomic E-state index is 0.161. The van der Waals surface area contributed by atoms with Crippen molar-refractivity contribution in [3.8, 4) is 11.5 Å². The van der Waals surface area contributed by atoms with E-state index in [9.17, 15) is 4.79 Å². The maximum Gasteiger partial charge on any atom is 0.311 e. The normalized spacial score (nSPS) is 13.4. The van der Waals surface area contributed by atoms with Crippen LogP contribution in [0.4, 0.5) is 0 Å². The summed E-state index contributed by atoms with van der Waals surface area (Å²) in [5, 5.41) is 0. The summed E-state index contributed by atoms with van der Waals surface area (Å²) in [4.78, 5) is 12.4. The van der Waals surface area contributed by atoms with E-state index in [4.69, 9.17) is 9.47 Å². The van der Waals surface area contributed by atoms with Gasteiger partial charge in [-0.05, 0) is 47.6 Å². The molecule has 0 saturated carbocycles. The Bertz CT molecular complexity index is 654. The van der Waals surface area contributed by atoms with Gasteiger partial charge in [-0.3, -0.25) is 4.79 Å². The Labute approximate surface area is 192 Å². The van der Waals surface area contributed by atoms with Gasteiger partial charge in [-0.1, -0.05) is 88.5 Å². The fourth-order valence-electron chi connectivity index (χ4n) is 3.68. The van der Waals surface area contributed by atoms with Crippen molar-refractivity contribution in [3.05, 3.63) is 23.3 Å². The van der Waals surface area contributed by atoms with Crippen molar-refractivity contribution in [2.24, 2.45) is 11.8 Å². The third-order valence-corrected chi connectivity index (χ3v) is 5.71. The predicted molar refractivity (Wildman–Crippen MR) is 132 cm³/mol. The molecule has 0 aliphatic carbocycles. The summed E-state index contributed by atoms with van der Waals surface area (Å²) >= 11 is 0. The first-order chi connectivity index (χ1) is 14.3. The lowest BCUT2D eigenvalue weighted by atomic mass is 9.79. The first kappa shape index (κ1) is 27.5. The van der Waals surface area contributed by atoms with Crippen LogP contribution in [0.15, 0.2) is 12.1 Å². The van der Waals surface area contributed by atoms with E-state index in [1.165, 1.54) is 19.3 Å². The van der Waals surface area contributed by atoms with Crippen molar-refractivity contribution < 1.29 is 14.3 Å². The highest BCUT2D eigenvalue weighted by molar-refractivity contribution is 5.74. The van der Waals surface area contributed by atoms with Crippen molar-refractivity contribution in [1.29, 1.82) is 0 Å². The van der Waals surface area contributed by atoms with Crippen LogP contribution in [-0.2, 0) is 15.6 Å². The lowest BCUT2D eigenvalue weighted by Gasteiger charge is -2.30. The van der Waals surface area contributed by atoms with Crippen LogP contribution in [0.1, 0.15) is 119 Å². The fourth-order valence-corrected chi connectivity index (χ4v) is 3.68. The van der Waals surface area contributed by atoms with Gasteiger partial charge >= 0.3 is 5.97 Å². The van der Waals surface area contributed by atoms with Crippen LogP contribution < -0.4 is 9.47 Å². The summed E-state index contributed by atoms with van der Waals surface area (Å²) in [5.74, 6) is 2.87. The van der Waals surface area contributed by atoms with Crippen LogP contribution in [0.5, 0.6) is 11.5 Å². The highest BCUT2D eigenvalue weighted by Gasteiger charge is 2.29. The van der Waals surface area contributed by atoms with E-state index in [-0.39, 0.29) is 16.8 Å². The van der Waals surface area contributed by atoms with Crippen LogP contribution >= 0.6 is 0 Å². The second-order valence-electron chi connectivity index (χ2n) is 11.6. The van der Waals surface area contributed by atoms with Gasteiger partial charge in [0.2, 0.25) is 0 Å². The second kappa shape index (κ2) is 11.9. The zero-order chi connectivity index (χ0) is 23.8. The summed E-state index contributed by atoms with van der Waals surface area (Å²) in [6, 6.07) is 4.15. The number of hydrogen-bond acceptors (Lipinski definition) is 3. The minimum Gasteiger partial charge on any atom is -0.494 e. The molecule has 0 radical (unpaired) electrons. The molecule has 1 unspecified atom stereocenters. The molecule has 0 spiro atoms. The lowest BCUT2D eigenvalue weighted by molar-refractivity contribution is -0.134. The smallest absolute Gasteiger partial charge is 0.311 e. The molecule has 3 nitrogen and oxygen atoms in total. The summed E-state index contributed by atoms with van der Waals surface area (Å²) in [6.45, 7) is 22.6. The van der Waals surface area contributed by atoms with Gasteiger partial charge in [0.05, 0.1) is 6.61 Å². The molecule has 0 aliphatic heterocycles. The van der Waals surface area contributed by atoms with Crippen molar-refractivity contribution >= 4 is 5.97 Å². The number of carbonyl (C=O) groups is 1. The molecule has 0 bridgehead atoms. The Morgan fingerprint density at radius 3 is 1.90 bits per heavy atom. The number of ether oxygens (including phenoxy) is 2. The monoisotopic (exact) mass is 432 g/mol. The van der Waals surface area contributed by atoms with Gasteiger partial charge in [0.1, 0.15) is 11.5 Å². The van der Waals surface area contributed by atoms with Crippen LogP contribution in [0.3, 0.4) is 0 Å². The Morgan fingerprint density at radius 1 is 0.903 bits per heavy atom. The van der Waals surface area contributed by atoms with E-state index < -0.39 is 0 Å².